The number of ketones is 1. The maximum Gasteiger partial charge on any atom is 0.471 e. The summed E-state index contributed by atoms with van der Waals surface area (Å²) in [7, 11) is 0. The molecule has 180 valence electrons. The van der Waals surface area contributed by atoms with Gasteiger partial charge in [0.2, 0.25) is 5.78 Å². The van der Waals surface area contributed by atoms with Crippen molar-refractivity contribution in [2.24, 2.45) is 0 Å². The summed E-state index contributed by atoms with van der Waals surface area (Å²) in [6, 6.07) is 12.6. The summed E-state index contributed by atoms with van der Waals surface area (Å²) in [5.74, 6) is -3.41. The molecule has 1 aliphatic rings. The standard InChI is InChI=1S/C11H9BrF3NO.C11H10BrF3O/c12-9-3-1-2-7-6-16(5-4-8(7)9)10(17)11(13,14)15;12-9-6-2-1-4-8(9)5-3-7-10(16)11(13,14)15/h1-3H,4-6H2;1-2,4,6H,3,5,7H2. The van der Waals surface area contributed by atoms with Crippen molar-refractivity contribution in [1.82, 2.24) is 4.90 Å². The molecule has 0 saturated heterocycles. The molecule has 0 aromatic heterocycles. The number of amides is 1. The van der Waals surface area contributed by atoms with Crippen LogP contribution in [0.5, 0.6) is 0 Å². The molecule has 0 unspecified atom stereocenters. The van der Waals surface area contributed by atoms with Gasteiger partial charge in [0.05, 0.1) is 0 Å². The van der Waals surface area contributed by atoms with Gasteiger partial charge in [-0.1, -0.05) is 62.2 Å². The lowest BCUT2D eigenvalue weighted by Gasteiger charge is -2.29. The van der Waals surface area contributed by atoms with Crippen molar-refractivity contribution in [3.63, 3.8) is 0 Å². The van der Waals surface area contributed by atoms with Crippen molar-refractivity contribution in [2.75, 3.05) is 6.54 Å². The molecule has 11 heteroatoms. The van der Waals surface area contributed by atoms with Gasteiger partial charge in [0.1, 0.15) is 0 Å². The molecule has 2 aromatic rings. The largest absolute Gasteiger partial charge is 0.471 e. The molecule has 0 saturated carbocycles. The van der Waals surface area contributed by atoms with Crippen LogP contribution in [0.4, 0.5) is 26.3 Å². The number of rotatable bonds is 4. The van der Waals surface area contributed by atoms with Crippen LogP contribution in [0.1, 0.15) is 29.5 Å². The van der Waals surface area contributed by atoms with Crippen molar-refractivity contribution in [2.45, 2.75) is 44.6 Å². The molecule has 0 spiro atoms. The van der Waals surface area contributed by atoms with Crippen molar-refractivity contribution in [3.8, 4) is 0 Å². The molecular formula is C22H19Br2F6NO2. The van der Waals surface area contributed by atoms with Crippen LogP contribution >= 0.6 is 31.9 Å². The SMILES string of the molecule is O=C(CCCc1ccccc1Br)C(F)(F)F.O=C(N1CCc2c(Br)cccc2C1)C(F)(F)F. The molecule has 33 heavy (non-hydrogen) atoms. The van der Waals surface area contributed by atoms with Crippen LogP contribution < -0.4 is 0 Å². The fourth-order valence-electron chi connectivity index (χ4n) is 3.20. The Morgan fingerprint density at radius 1 is 0.879 bits per heavy atom. The molecule has 0 atom stereocenters. The third kappa shape index (κ3) is 8.13. The molecule has 1 amide bonds. The lowest BCUT2D eigenvalue weighted by atomic mass is 10.00. The zero-order valence-corrected chi connectivity index (χ0v) is 20.2. The Hall–Kier alpha value is -1.88. The molecule has 3 nitrogen and oxygen atoms in total. The Bertz CT molecular complexity index is 992. The van der Waals surface area contributed by atoms with Gasteiger partial charge >= 0.3 is 18.3 Å². The van der Waals surface area contributed by atoms with Gasteiger partial charge in [0, 0.05) is 28.5 Å². The third-order valence-corrected chi connectivity index (χ3v) is 6.38. The van der Waals surface area contributed by atoms with Crippen LogP contribution in [0.3, 0.4) is 0 Å². The van der Waals surface area contributed by atoms with Gasteiger partial charge in [0.15, 0.2) is 0 Å². The van der Waals surface area contributed by atoms with E-state index >= 15 is 0 Å². The average Bonchev–Trinajstić information content (AvgIpc) is 2.73. The maximum absolute atomic E-state index is 12.3. The van der Waals surface area contributed by atoms with Gasteiger partial charge in [-0.15, -0.1) is 0 Å². The summed E-state index contributed by atoms with van der Waals surface area (Å²) in [6.45, 7) is 0.126. The first-order chi connectivity index (χ1) is 15.3. The number of nitrogens with zero attached hydrogens (tertiary/aromatic N) is 1. The predicted molar refractivity (Wildman–Crippen MR) is 117 cm³/mol. The normalized spacial score (nSPS) is 13.6. The van der Waals surface area contributed by atoms with Gasteiger partial charge < -0.3 is 4.90 Å². The van der Waals surface area contributed by atoms with Crippen LogP contribution in [-0.2, 0) is 29.0 Å². The van der Waals surface area contributed by atoms with E-state index in [1.807, 2.05) is 30.3 Å². The highest BCUT2D eigenvalue weighted by Gasteiger charge is 2.43. The predicted octanol–water partition coefficient (Wildman–Crippen LogP) is 6.80. The number of halogens is 8. The first kappa shape index (κ1) is 27.4. The Morgan fingerprint density at radius 3 is 2.12 bits per heavy atom. The fourth-order valence-corrected chi connectivity index (χ4v) is 4.29. The minimum Gasteiger partial charge on any atom is -0.330 e. The summed E-state index contributed by atoms with van der Waals surface area (Å²) in [5.41, 5.74) is 2.67. The summed E-state index contributed by atoms with van der Waals surface area (Å²) < 4.78 is 74.3. The van der Waals surface area contributed by atoms with E-state index in [1.54, 1.807) is 12.1 Å². The number of hydrogen-bond donors (Lipinski definition) is 0. The molecule has 0 bridgehead atoms. The highest BCUT2D eigenvalue weighted by molar-refractivity contribution is 9.10. The quantitative estimate of drug-likeness (QED) is 0.361. The summed E-state index contributed by atoms with van der Waals surface area (Å²) in [5, 5.41) is 0. The summed E-state index contributed by atoms with van der Waals surface area (Å²) >= 11 is 6.65. The lowest BCUT2D eigenvalue weighted by Crippen LogP contribution is -2.43. The van der Waals surface area contributed by atoms with Crippen molar-refractivity contribution in [3.05, 3.63) is 68.1 Å². The fraction of sp³-hybridized carbons (Fsp3) is 0.364. The van der Waals surface area contributed by atoms with Crippen LogP contribution in [0.15, 0.2) is 51.4 Å². The number of aryl methyl sites for hydroxylation is 1. The van der Waals surface area contributed by atoms with Crippen molar-refractivity contribution in [1.29, 1.82) is 0 Å². The molecule has 1 aliphatic heterocycles. The first-order valence-corrected chi connectivity index (χ1v) is 11.3. The van der Waals surface area contributed by atoms with Crippen LogP contribution in [0, 0.1) is 0 Å². The lowest BCUT2D eigenvalue weighted by molar-refractivity contribution is -0.186. The van der Waals surface area contributed by atoms with Gasteiger partial charge in [-0.05, 0) is 48.1 Å². The van der Waals surface area contributed by atoms with Crippen LogP contribution in [0.2, 0.25) is 0 Å². The van der Waals surface area contributed by atoms with E-state index in [9.17, 15) is 35.9 Å². The van der Waals surface area contributed by atoms with Gasteiger partial charge in [-0.25, -0.2) is 0 Å². The van der Waals surface area contributed by atoms with E-state index in [0.29, 0.717) is 12.8 Å². The van der Waals surface area contributed by atoms with Crippen molar-refractivity contribution >= 4 is 43.6 Å². The highest BCUT2D eigenvalue weighted by atomic mass is 79.9. The van der Waals surface area contributed by atoms with Gasteiger partial charge in [-0.2, -0.15) is 26.3 Å². The highest BCUT2D eigenvalue weighted by Crippen LogP contribution is 2.29. The van der Waals surface area contributed by atoms with Crippen molar-refractivity contribution < 1.29 is 35.9 Å². The second kappa shape index (κ2) is 11.5. The topological polar surface area (TPSA) is 37.4 Å². The van der Waals surface area contributed by atoms with E-state index in [-0.39, 0.29) is 19.5 Å². The number of carbonyl (C=O) groups excluding carboxylic acids is 2. The molecule has 1 heterocycles. The van der Waals surface area contributed by atoms with E-state index in [2.05, 4.69) is 31.9 Å². The van der Waals surface area contributed by atoms with E-state index < -0.39 is 30.5 Å². The minimum absolute atomic E-state index is 0.0209. The third-order valence-electron chi connectivity index (χ3n) is 4.86. The zero-order chi connectivity index (χ0) is 24.8. The van der Waals surface area contributed by atoms with Gasteiger partial charge in [0.25, 0.3) is 0 Å². The number of benzene rings is 2. The molecule has 0 N–H and O–H groups in total. The number of fused-ring (bicyclic) bond motifs is 1. The molecule has 0 aliphatic carbocycles. The van der Waals surface area contributed by atoms with E-state index in [1.165, 1.54) is 0 Å². The molecule has 0 fully saturated rings. The first-order valence-electron chi connectivity index (χ1n) is 9.76. The maximum atomic E-state index is 12.3. The van der Waals surface area contributed by atoms with Gasteiger partial charge in [-0.3, -0.25) is 9.59 Å². The Labute approximate surface area is 203 Å². The smallest absolute Gasteiger partial charge is 0.330 e. The Morgan fingerprint density at radius 2 is 1.52 bits per heavy atom. The average molecular weight is 603 g/mol. The zero-order valence-electron chi connectivity index (χ0n) is 17.1. The molecule has 3 rings (SSSR count). The summed E-state index contributed by atoms with van der Waals surface area (Å²) in [6.07, 6.45) is -8.83. The number of hydrogen-bond acceptors (Lipinski definition) is 2. The van der Waals surface area contributed by atoms with E-state index in [0.717, 1.165) is 30.5 Å². The second-order valence-corrected chi connectivity index (χ2v) is 8.93. The Kier molecular flexibility index (Phi) is 9.54. The molecule has 0 radical (unpaired) electrons. The Balaban J connectivity index is 0.000000234. The van der Waals surface area contributed by atoms with E-state index in [4.69, 9.17) is 0 Å². The molecular weight excluding hydrogens is 584 g/mol. The second-order valence-electron chi connectivity index (χ2n) is 7.22. The number of alkyl halides is 6. The minimum atomic E-state index is -4.79. The number of carbonyl (C=O) groups is 2. The molecule has 2 aromatic carbocycles. The van der Waals surface area contributed by atoms with Crippen LogP contribution in [-0.4, -0.2) is 35.5 Å². The monoisotopic (exact) mass is 601 g/mol. The van der Waals surface area contributed by atoms with Crippen LogP contribution in [0.25, 0.3) is 0 Å². The summed E-state index contributed by atoms with van der Waals surface area (Å²) in [4.78, 5) is 22.5. The number of Topliss-reactive ketones (excluding diaryl/α,β-unsaturated/α-hetero) is 1.